The van der Waals surface area contributed by atoms with Crippen molar-refractivity contribution < 1.29 is 18.0 Å². The number of allylic oxidation sites excluding steroid dienone is 2. The number of rotatable bonds is 2. The summed E-state index contributed by atoms with van der Waals surface area (Å²) in [4.78, 5) is 13.8. The highest BCUT2D eigenvalue weighted by atomic mass is 32.2. The highest BCUT2D eigenvalue weighted by Crippen LogP contribution is 2.40. The summed E-state index contributed by atoms with van der Waals surface area (Å²) in [7, 11) is 0. The largest absolute Gasteiger partial charge is 0.412 e. The van der Waals surface area contributed by atoms with Crippen LogP contribution in [-0.4, -0.2) is 23.2 Å². The van der Waals surface area contributed by atoms with Crippen LogP contribution < -0.4 is 4.90 Å². The lowest BCUT2D eigenvalue weighted by atomic mass is 9.98. The fourth-order valence-corrected chi connectivity index (χ4v) is 4.14. The Kier molecular flexibility index (Phi) is 4.65. The first-order chi connectivity index (χ1) is 11.8. The smallest absolute Gasteiger partial charge is 0.295 e. The SMILES string of the molecule is Cc1ccc(N2C(=O)CSC2C2=CCCC(C(F)(F)F)=C2)cc1C#N. The van der Waals surface area contributed by atoms with Crippen LogP contribution in [0.1, 0.15) is 24.0 Å². The maximum absolute atomic E-state index is 13.0. The van der Waals surface area contributed by atoms with Gasteiger partial charge in [-0.1, -0.05) is 12.1 Å². The number of carbonyl (C=O) groups is 1. The van der Waals surface area contributed by atoms with Crippen LogP contribution in [0.4, 0.5) is 18.9 Å². The average Bonchev–Trinajstić information content (AvgIpc) is 2.96. The molecule has 1 heterocycles. The van der Waals surface area contributed by atoms with Crippen LogP contribution >= 0.6 is 11.8 Å². The first kappa shape index (κ1) is 17.6. The van der Waals surface area contributed by atoms with Crippen molar-refractivity contribution >= 4 is 23.4 Å². The molecule has 0 N–H and O–H groups in total. The van der Waals surface area contributed by atoms with Crippen LogP contribution in [0.25, 0.3) is 0 Å². The summed E-state index contributed by atoms with van der Waals surface area (Å²) in [5.41, 5.74) is 1.71. The molecular weight excluding hydrogens is 349 g/mol. The third-order valence-corrected chi connectivity index (χ3v) is 5.48. The number of hydrogen-bond acceptors (Lipinski definition) is 3. The van der Waals surface area contributed by atoms with Crippen molar-refractivity contribution in [2.45, 2.75) is 31.3 Å². The Bertz CT molecular complexity index is 821. The molecule has 1 fully saturated rings. The molecule has 1 unspecified atom stereocenters. The number of thioether (sulfide) groups is 1. The standard InChI is InChI=1S/C18H15F3N2OS/c1-11-5-6-15(8-13(11)9-22)23-16(24)10-25-17(23)12-3-2-4-14(7-12)18(19,20)21/h3,5-8,17H,2,4,10H2,1H3. The van der Waals surface area contributed by atoms with Crippen LogP contribution in [0.15, 0.2) is 41.5 Å². The molecule has 2 aliphatic rings. The number of hydrogen-bond donors (Lipinski definition) is 0. The minimum Gasteiger partial charge on any atom is -0.295 e. The lowest BCUT2D eigenvalue weighted by Gasteiger charge is -2.27. The van der Waals surface area contributed by atoms with Crippen LogP contribution in [0, 0.1) is 18.3 Å². The maximum Gasteiger partial charge on any atom is 0.412 e. The van der Waals surface area contributed by atoms with Crippen LogP contribution in [0.2, 0.25) is 0 Å². The van der Waals surface area contributed by atoms with Gasteiger partial charge in [-0.25, -0.2) is 0 Å². The molecule has 0 spiro atoms. The topological polar surface area (TPSA) is 44.1 Å². The summed E-state index contributed by atoms with van der Waals surface area (Å²) in [5.74, 6) is 0.0311. The van der Waals surface area contributed by atoms with Crippen molar-refractivity contribution in [3.63, 3.8) is 0 Å². The predicted molar refractivity (Wildman–Crippen MR) is 91.1 cm³/mol. The summed E-state index contributed by atoms with van der Waals surface area (Å²) >= 11 is 1.30. The third-order valence-electron chi connectivity index (χ3n) is 4.27. The lowest BCUT2D eigenvalue weighted by molar-refractivity contribution is -0.115. The van der Waals surface area contributed by atoms with Gasteiger partial charge in [-0.15, -0.1) is 11.8 Å². The maximum atomic E-state index is 13.0. The summed E-state index contributed by atoms with van der Waals surface area (Å²) in [6.07, 6.45) is -1.17. The second-order valence-corrected chi connectivity index (χ2v) is 7.02. The normalized spacial score (nSPS) is 21.0. The molecule has 1 aromatic rings. The van der Waals surface area contributed by atoms with Crippen molar-refractivity contribution in [2.24, 2.45) is 0 Å². The van der Waals surface area contributed by atoms with Crippen molar-refractivity contribution in [1.29, 1.82) is 5.26 Å². The Labute approximate surface area is 147 Å². The van der Waals surface area contributed by atoms with Gasteiger partial charge < -0.3 is 0 Å². The van der Waals surface area contributed by atoms with E-state index in [1.807, 2.05) is 0 Å². The Hall–Kier alpha value is -2.20. The second-order valence-electron chi connectivity index (χ2n) is 5.95. The number of halogens is 3. The number of anilines is 1. The number of aryl methyl sites for hydroxylation is 1. The van der Waals surface area contributed by atoms with Gasteiger partial charge in [-0.2, -0.15) is 18.4 Å². The van der Waals surface area contributed by atoms with Crippen LogP contribution in [0.5, 0.6) is 0 Å². The molecule has 3 rings (SSSR count). The van der Waals surface area contributed by atoms with Gasteiger partial charge in [-0.3, -0.25) is 9.69 Å². The van der Waals surface area contributed by atoms with Gasteiger partial charge in [0.05, 0.1) is 17.4 Å². The molecule has 0 saturated carbocycles. The van der Waals surface area contributed by atoms with E-state index in [0.29, 0.717) is 23.2 Å². The molecular formula is C18H15F3N2OS. The highest BCUT2D eigenvalue weighted by Gasteiger charge is 2.39. The zero-order chi connectivity index (χ0) is 18.2. The summed E-state index contributed by atoms with van der Waals surface area (Å²) in [6.45, 7) is 1.79. The Morgan fingerprint density at radius 3 is 2.80 bits per heavy atom. The van der Waals surface area contributed by atoms with Gasteiger partial charge >= 0.3 is 6.18 Å². The van der Waals surface area contributed by atoms with Gasteiger partial charge in [-0.05, 0) is 49.1 Å². The monoisotopic (exact) mass is 364 g/mol. The number of nitrogens with zero attached hydrogens (tertiary/aromatic N) is 2. The summed E-state index contributed by atoms with van der Waals surface area (Å²) < 4.78 is 39.1. The summed E-state index contributed by atoms with van der Waals surface area (Å²) in [6, 6.07) is 7.16. The van der Waals surface area contributed by atoms with Crippen molar-refractivity contribution in [1.82, 2.24) is 0 Å². The number of benzene rings is 1. The second kappa shape index (κ2) is 6.60. The molecule has 0 aromatic heterocycles. The molecule has 1 aliphatic carbocycles. The molecule has 1 aliphatic heterocycles. The zero-order valence-corrected chi connectivity index (χ0v) is 14.2. The first-order valence-electron chi connectivity index (χ1n) is 7.73. The fourth-order valence-electron chi connectivity index (χ4n) is 2.95. The van der Waals surface area contributed by atoms with E-state index in [-0.39, 0.29) is 18.1 Å². The Balaban J connectivity index is 1.97. The average molecular weight is 364 g/mol. The molecule has 3 nitrogen and oxygen atoms in total. The number of alkyl halides is 3. The fraction of sp³-hybridized carbons (Fsp3) is 0.333. The molecule has 0 radical (unpaired) electrons. The predicted octanol–water partition coefficient (Wildman–Crippen LogP) is 4.48. The van der Waals surface area contributed by atoms with E-state index in [1.54, 1.807) is 31.2 Å². The van der Waals surface area contributed by atoms with Gasteiger partial charge in [0.25, 0.3) is 0 Å². The van der Waals surface area contributed by atoms with Crippen LogP contribution in [0.3, 0.4) is 0 Å². The molecule has 1 atom stereocenters. The van der Waals surface area contributed by atoms with Gasteiger partial charge in [0, 0.05) is 11.3 Å². The number of amides is 1. The van der Waals surface area contributed by atoms with Crippen LogP contribution in [-0.2, 0) is 4.79 Å². The van der Waals surface area contributed by atoms with E-state index in [1.165, 1.54) is 16.7 Å². The van der Waals surface area contributed by atoms with E-state index in [4.69, 9.17) is 0 Å². The van der Waals surface area contributed by atoms with E-state index < -0.39 is 17.1 Å². The Morgan fingerprint density at radius 2 is 2.12 bits per heavy atom. The van der Waals surface area contributed by atoms with Gasteiger partial charge in [0.2, 0.25) is 5.91 Å². The molecule has 7 heteroatoms. The molecule has 1 amide bonds. The lowest BCUT2D eigenvalue weighted by Crippen LogP contribution is -2.34. The Morgan fingerprint density at radius 1 is 1.36 bits per heavy atom. The molecule has 0 bridgehead atoms. The zero-order valence-electron chi connectivity index (χ0n) is 13.4. The van der Waals surface area contributed by atoms with E-state index in [9.17, 15) is 23.2 Å². The third kappa shape index (κ3) is 3.45. The first-order valence-corrected chi connectivity index (χ1v) is 8.78. The van der Waals surface area contributed by atoms with Crippen molar-refractivity contribution in [3.05, 3.63) is 52.6 Å². The van der Waals surface area contributed by atoms with E-state index >= 15 is 0 Å². The van der Waals surface area contributed by atoms with Gasteiger partial charge in [0.15, 0.2) is 0 Å². The van der Waals surface area contributed by atoms with Crippen molar-refractivity contribution in [3.8, 4) is 6.07 Å². The minimum atomic E-state index is -4.35. The van der Waals surface area contributed by atoms with Gasteiger partial charge in [0.1, 0.15) is 5.37 Å². The number of nitriles is 1. The quantitative estimate of drug-likeness (QED) is 0.777. The molecule has 1 aromatic carbocycles. The van der Waals surface area contributed by atoms with E-state index in [0.717, 1.165) is 11.6 Å². The number of carbonyl (C=O) groups excluding carboxylic acids is 1. The minimum absolute atomic E-state index is 0.0402. The molecule has 130 valence electrons. The highest BCUT2D eigenvalue weighted by molar-refractivity contribution is 8.01. The van der Waals surface area contributed by atoms with Crippen molar-refractivity contribution in [2.75, 3.05) is 10.7 Å². The molecule has 1 saturated heterocycles. The van der Waals surface area contributed by atoms with E-state index in [2.05, 4.69) is 6.07 Å². The molecule has 25 heavy (non-hydrogen) atoms. The summed E-state index contributed by atoms with van der Waals surface area (Å²) in [5, 5.41) is 8.69.